The highest BCUT2D eigenvalue weighted by molar-refractivity contribution is 7.92. The van der Waals surface area contributed by atoms with Gasteiger partial charge < -0.3 is 0 Å². The lowest BCUT2D eigenvalue weighted by molar-refractivity contribution is -0.384. The van der Waals surface area contributed by atoms with E-state index in [1.165, 1.54) is 28.6 Å². The summed E-state index contributed by atoms with van der Waals surface area (Å²) >= 11 is 6.09. The summed E-state index contributed by atoms with van der Waals surface area (Å²) in [5.41, 5.74) is 1.03. The molecule has 0 aliphatic heterocycles. The number of benzene rings is 3. The van der Waals surface area contributed by atoms with Crippen LogP contribution < -0.4 is 4.31 Å². The molecule has 0 amide bonds. The Balaban J connectivity index is 2.13. The largest absolute Gasteiger partial charge is 0.269 e. The summed E-state index contributed by atoms with van der Waals surface area (Å²) in [4.78, 5) is 10.3. The van der Waals surface area contributed by atoms with Gasteiger partial charge in [0.25, 0.3) is 15.7 Å². The number of nitrogens with zero attached hydrogens (tertiary/aromatic N) is 2. The van der Waals surface area contributed by atoms with Crippen LogP contribution in [0.1, 0.15) is 18.5 Å². The van der Waals surface area contributed by atoms with Crippen molar-refractivity contribution in [2.45, 2.75) is 17.9 Å². The van der Waals surface area contributed by atoms with Crippen LogP contribution in [-0.2, 0) is 10.0 Å². The van der Waals surface area contributed by atoms with Crippen LogP contribution in [0.3, 0.4) is 0 Å². The summed E-state index contributed by atoms with van der Waals surface area (Å²) in [6, 6.07) is 20.1. The van der Waals surface area contributed by atoms with Crippen molar-refractivity contribution < 1.29 is 13.3 Å². The number of nitro benzene ring substituents is 1. The second-order valence-corrected chi connectivity index (χ2v) is 8.37. The van der Waals surface area contributed by atoms with E-state index in [0.29, 0.717) is 10.7 Å². The molecule has 3 aromatic carbocycles. The first-order valence-electron chi connectivity index (χ1n) is 8.40. The van der Waals surface area contributed by atoms with Crippen LogP contribution in [0.25, 0.3) is 0 Å². The Labute approximate surface area is 168 Å². The zero-order valence-electron chi connectivity index (χ0n) is 14.9. The molecule has 0 saturated carbocycles. The molecule has 0 fully saturated rings. The zero-order valence-corrected chi connectivity index (χ0v) is 16.5. The number of non-ortho nitro benzene ring substituents is 1. The average molecular weight is 417 g/mol. The third-order valence-electron chi connectivity index (χ3n) is 4.30. The number of hydrogen-bond donors (Lipinski definition) is 0. The van der Waals surface area contributed by atoms with E-state index in [2.05, 4.69) is 0 Å². The van der Waals surface area contributed by atoms with Crippen molar-refractivity contribution in [3.05, 3.63) is 99.6 Å². The van der Waals surface area contributed by atoms with Crippen LogP contribution in [0, 0.1) is 10.1 Å². The molecule has 0 spiro atoms. The van der Waals surface area contributed by atoms with Crippen molar-refractivity contribution in [2.75, 3.05) is 4.31 Å². The fourth-order valence-corrected chi connectivity index (χ4v) is 4.72. The molecule has 6 nitrogen and oxygen atoms in total. The standard InChI is InChI=1S/C20H17ClN2O4S/c1-15(16-6-3-2-4-7-16)22(19-9-5-8-17(21)14-19)28(26,27)20-12-10-18(11-13-20)23(24)25/h2-15H,1H3/t15-/m1/s1. The lowest BCUT2D eigenvalue weighted by Crippen LogP contribution is -2.33. The SMILES string of the molecule is C[C@H](c1ccccc1)N(c1cccc(Cl)c1)S(=O)(=O)c1ccc([N+](=O)[O-])cc1. The van der Waals surface area contributed by atoms with Gasteiger partial charge in [0.05, 0.1) is 21.5 Å². The molecule has 0 saturated heterocycles. The number of halogens is 1. The van der Waals surface area contributed by atoms with Gasteiger partial charge in [-0.05, 0) is 42.8 Å². The van der Waals surface area contributed by atoms with Crippen LogP contribution >= 0.6 is 11.6 Å². The third-order valence-corrected chi connectivity index (χ3v) is 6.45. The first-order chi connectivity index (χ1) is 13.3. The predicted molar refractivity (Wildman–Crippen MR) is 109 cm³/mol. The van der Waals surface area contributed by atoms with Gasteiger partial charge in [0.1, 0.15) is 0 Å². The highest BCUT2D eigenvalue weighted by Gasteiger charge is 2.31. The number of sulfonamides is 1. The van der Waals surface area contributed by atoms with E-state index in [-0.39, 0.29) is 10.6 Å². The molecule has 0 heterocycles. The Hall–Kier alpha value is -2.90. The second-order valence-electron chi connectivity index (χ2n) is 6.12. The first-order valence-corrected chi connectivity index (χ1v) is 10.2. The van der Waals surface area contributed by atoms with Crippen LogP contribution in [0.2, 0.25) is 5.02 Å². The van der Waals surface area contributed by atoms with Gasteiger partial charge in [-0.25, -0.2) is 8.42 Å². The molecule has 28 heavy (non-hydrogen) atoms. The van der Waals surface area contributed by atoms with Crippen LogP contribution in [0.5, 0.6) is 0 Å². The highest BCUT2D eigenvalue weighted by Crippen LogP contribution is 2.34. The minimum absolute atomic E-state index is 0.0409. The van der Waals surface area contributed by atoms with E-state index >= 15 is 0 Å². The summed E-state index contributed by atoms with van der Waals surface area (Å²) in [7, 11) is -4.01. The maximum absolute atomic E-state index is 13.5. The first kappa shape index (κ1) is 19.9. The fourth-order valence-electron chi connectivity index (χ4n) is 2.90. The zero-order chi connectivity index (χ0) is 20.3. The topological polar surface area (TPSA) is 80.5 Å². The Bertz CT molecular complexity index is 1090. The van der Waals surface area contributed by atoms with Crippen molar-refractivity contribution in [3.63, 3.8) is 0 Å². The van der Waals surface area contributed by atoms with Gasteiger partial charge in [-0.15, -0.1) is 0 Å². The second kappa shape index (κ2) is 8.00. The molecule has 0 N–H and O–H groups in total. The maximum atomic E-state index is 13.5. The average Bonchev–Trinajstić information content (AvgIpc) is 2.68. The molecule has 0 unspecified atom stereocenters. The number of hydrogen-bond acceptors (Lipinski definition) is 4. The number of rotatable bonds is 6. The fraction of sp³-hybridized carbons (Fsp3) is 0.100. The molecule has 3 aromatic rings. The molecule has 0 bridgehead atoms. The van der Waals surface area contributed by atoms with Crippen LogP contribution in [0.4, 0.5) is 11.4 Å². The molecule has 1 atom stereocenters. The van der Waals surface area contributed by atoms with Crippen LogP contribution in [-0.4, -0.2) is 13.3 Å². The van der Waals surface area contributed by atoms with Crippen molar-refractivity contribution >= 4 is 33.0 Å². The number of anilines is 1. The normalized spacial score (nSPS) is 12.4. The maximum Gasteiger partial charge on any atom is 0.269 e. The Morgan fingerprint density at radius 3 is 2.18 bits per heavy atom. The van der Waals surface area contributed by atoms with Crippen molar-refractivity contribution in [1.29, 1.82) is 0 Å². The van der Waals surface area contributed by atoms with E-state index in [1.807, 2.05) is 30.3 Å². The van der Waals surface area contributed by atoms with Gasteiger partial charge in [0.15, 0.2) is 0 Å². The smallest absolute Gasteiger partial charge is 0.259 e. The van der Waals surface area contributed by atoms with Gasteiger partial charge in [0, 0.05) is 17.2 Å². The van der Waals surface area contributed by atoms with Crippen molar-refractivity contribution in [1.82, 2.24) is 0 Å². The molecule has 144 valence electrons. The molecule has 0 aliphatic carbocycles. The van der Waals surface area contributed by atoms with E-state index in [4.69, 9.17) is 11.6 Å². The monoisotopic (exact) mass is 416 g/mol. The van der Waals surface area contributed by atoms with Crippen molar-refractivity contribution in [2.24, 2.45) is 0 Å². The highest BCUT2D eigenvalue weighted by atomic mass is 35.5. The summed E-state index contributed by atoms with van der Waals surface area (Å²) in [6.45, 7) is 1.78. The van der Waals surface area contributed by atoms with Gasteiger partial charge >= 0.3 is 0 Å². The molecule has 8 heteroatoms. The predicted octanol–water partition coefficient (Wildman–Crippen LogP) is 5.20. The molecule has 3 rings (SSSR count). The Kier molecular flexibility index (Phi) is 5.67. The molecule has 0 aliphatic rings. The lowest BCUT2D eigenvalue weighted by Gasteiger charge is -2.31. The molecule has 0 aromatic heterocycles. The summed E-state index contributed by atoms with van der Waals surface area (Å²) in [5.74, 6) is 0. The molecule has 0 radical (unpaired) electrons. The quantitative estimate of drug-likeness (QED) is 0.408. The Morgan fingerprint density at radius 2 is 1.61 bits per heavy atom. The summed E-state index contributed by atoms with van der Waals surface area (Å²) < 4.78 is 28.2. The summed E-state index contributed by atoms with van der Waals surface area (Å²) in [6.07, 6.45) is 0. The Morgan fingerprint density at radius 1 is 0.964 bits per heavy atom. The summed E-state index contributed by atoms with van der Waals surface area (Å²) in [5, 5.41) is 11.3. The number of nitro groups is 1. The lowest BCUT2D eigenvalue weighted by atomic mass is 10.1. The minimum Gasteiger partial charge on any atom is -0.259 e. The van der Waals surface area contributed by atoms with Crippen molar-refractivity contribution in [3.8, 4) is 0 Å². The van der Waals surface area contributed by atoms with E-state index < -0.39 is 21.0 Å². The molecular weight excluding hydrogens is 400 g/mol. The van der Waals surface area contributed by atoms with Gasteiger partial charge in [-0.1, -0.05) is 48.0 Å². The van der Waals surface area contributed by atoms with Gasteiger partial charge in [-0.2, -0.15) is 0 Å². The molecular formula is C20H17ClN2O4S. The van der Waals surface area contributed by atoms with E-state index in [9.17, 15) is 18.5 Å². The van der Waals surface area contributed by atoms with Gasteiger partial charge in [0.2, 0.25) is 0 Å². The van der Waals surface area contributed by atoms with E-state index in [1.54, 1.807) is 31.2 Å². The van der Waals surface area contributed by atoms with Crippen LogP contribution in [0.15, 0.2) is 83.8 Å². The van der Waals surface area contributed by atoms with E-state index in [0.717, 1.165) is 5.56 Å². The minimum atomic E-state index is -4.01. The third kappa shape index (κ3) is 4.00. The van der Waals surface area contributed by atoms with Gasteiger partial charge in [-0.3, -0.25) is 14.4 Å².